The number of pyridine rings is 1. The zero-order valence-electron chi connectivity index (χ0n) is 8.07. The summed E-state index contributed by atoms with van der Waals surface area (Å²) in [4.78, 5) is 15.9. The first-order chi connectivity index (χ1) is 7.27. The summed E-state index contributed by atoms with van der Waals surface area (Å²) in [5, 5.41) is 2.98. The zero-order chi connectivity index (χ0) is 10.7. The molecule has 1 unspecified atom stereocenters. The first-order valence-electron chi connectivity index (χ1n) is 4.76. The third-order valence-electron chi connectivity index (χ3n) is 2.24. The van der Waals surface area contributed by atoms with Crippen molar-refractivity contribution in [2.24, 2.45) is 0 Å². The first-order valence-corrected chi connectivity index (χ1v) is 6.71. The SMILES string of the molecule is O=C(NC1CCSC1)c1ncccc1Br. The van der Waals surface area contributed by atoms with Gasteiger partial charge in [0.1, 0.15) is 5.69 Å². The van der Waals surface area contributed by atoms with E-state index in [0.29, 0.717) is 11.7 Å². The second-order valence-electron chi connectivity index (χ2n) is 3.37. The number of rotatable bonds is 2. The lowest BCUT2D eigenvalue weighted by Gasteiger charge is -2.11. The van der Waals surface area contributed by atoms with Gasteiger partial charge in [0.05, 0.1) is 0 Å². The monoisotopic (exact) mass is 286 g/mol. The van der Waals surface area contributed by atoms with Gasteiger partial charge >= 0.3 is 0 Å². The molecule has 5 heteroatoms. The lowest BCUT2D eigenvalue weighted by molar-refractivity contribution is 0.0935. The molecule has 0 saturated carbocycles. The number of carbonyl (C=O) groups excluding carboxylic acids is 1. The van der Waals surface area contributed by atoms with Crippen LogP contribution in [0, 0.1) is 0 Å². The molecule has 0 aliphatic carbocycles. The summed E-state index contributed by atoms with van der Waals surface area (Å²) in [5.74, 6) is 2.06. The van der Waals surface area contributed by atoms with Gasteiger partial charge in [0.2, 0.25) is 0 Å². The Morgan fingerprint density at radius 1 is 1.67 bits per heavy atom. The van der Waals surface area contributed by atoms with E-state index in [1.54, 1.807) is 12.3 Å². The van der Waals surface area contributed by atoms with E-state index in [2.05, 4.69) is 26.2 Å². The average molecular weight is 287 g/mol. The fourth-order valence-corrected chi connectivity index (χ4v) is 3.04. The van der Waals surface area contributed by atoms with E-state index >= 15 is 0 Å². The number of hydrogen-bond donors (Lipinski definition) is 1. The van der Waals surface area contributed by atoms with E-state index in [4.69, 9.17) is 0 Å². The number of thioether (sulfide) groups is 1. The van der Waals surface area contributed by atoms with E-state index in [9.17, 15) is 4.79 Å². The summed E-state index contributed by atoms with van der Waals surface area (Å²) in [6.45, 7) is 0. The van der Waals surface area contributed by atoms with Crippen LogP contribution in [0.1, 0.15) is 16.9 Å². The molecule has 1 fully saturated rings. The Hall–Kier alpha value is -0.550. The Labute approximate surface area is 101 Å². The molecule has 1 saturated heterocycles. The molecule has 0 spiro atoms. The van der Waals surface area contributed by atoms with Crippen LogP contribution in [0.5, 0.6) is 0 Å². The van der Waals surface area contributed by atoms with Gasteiger partial charge in [-0.3, -0.25) is 4.79 Å². The molecular weight excluding hydrogens is 276 g/mol. The Morgan fingerprint density at radius 3 is 3.20 bits per heavy atom. The first kappa shape index (κ1) is 11.0. The van der Waals surface area contributed by atoms with Crippen molar-refractivity contribution in [3.63, 3.8) is 0 Å². The van der Waals surface area contributed by atoms with E-state index < -0.39 is 0 Å². The molecule has 0 radical (unpaired) electrons. The summed E-state index contributed by atoms with van der Waals surface area (Å²) in [7, 11) is 0. The van der Waals surface area contributed by atoms with Crippen LogP contribution >= 0.6 is 27.7 Å². The fraction of sp³-hybridized carbons (Fsp3) is 0.400. The third kappa shape index (κ3) is 2.72. The minimum Gasteiger partial charge on any atom is -0.347 e. The molecule has 1 aliphatic heterocycles. The highest BCUT2D eigenvalue weighted by Crippen LogP contribution is 2.18. The molecule has 0 aromatic carbocycles. The predicted molar refractivity (Wildman–Crippen MR) is 65.1 cm³/mol. The van der Waals surface area contributed by atoms with Gasteiger partial charge in [-0.05, 0) is 40.2 Å². The molecule has 1 aromatic heterocycles. The number of halogens is 1. The number of hydrogen-bond acceptors (Lipinski definition) is 3. The Balaban J connectivity index is 2.04. The molecule has 15 heavy (non-hydrogen) atoms. The van der Waals surface area contributed by atoms with E-state index in [1.807, 2.05) is 17.8 Å². The van der Waals surface area contributed by atoms with Crippen molar-refractivity contribution >= 4 is 33.6 Å². The highest BCUT2D eigenvalue weighted by atomic mass is 79.9. The summed E-state index contributed by atoms with van der Waals surface area (Å²) >= 11 is 5.19. The minimum absolute atomic E-state index is 0.0880. The molecule has 1 aromatic rings. The standard InChI is InChI=1S/C10H11BrN2OS/c11-8-2-1-4-12-9(8)10(14)13-7-3-5-15-6-7/h1-2,4,7H,3,5-6H2,(H,13,14). The van der Waals surface area contributed by atoms with Crippen LogP contribution in [0.2, 0.25) is 0 Å². The van der Waals surface area contributed by atoms with Gasteiger partial charge in [-0.15, -0.1) is 0 Å². The molecule has 2 rings (SSSR count). The summed E-state index contributed by atoms with van der Waals surface area (Å²) < 4.78 is 0.744. The van der Waals surface area contributed by atoms with Gasteiger partial charge in [0.15, 0.2) is 0 Å². The molecule has 2 heterocycles. The van der Waals surface area contributed by atoms with Crippen molar-refractivity contribution in [1.29, 1.82) is 0 Å². The number of aromatic nitrogens is 1. The highest BCUT2D eigenvalue weighted by Gasteiger charge is 2.19. The van der Waals surface area contributed by atoms with Crippen LogP contribution in [-0.4, -0.2) is 28.4 Å². The normalized spacial score (nSPS) is 20.2. The van der Waals surface area contributed by atoms with Crippen LogP contribution in [0.3, 0.4) is 0 Å². The summed E-state index contributed by atoms with van der Waals surface area (Å²) in [6.07, 6.45) is 2.68. The van der Waals surface area contributed by atoms with E-state index in [1.165, 1.54) is 0 Å². The van der Waals surface area contributed by atoms with Crippen molar-refractivity contribution in [1.82, 2.24) is 10.3 Å². The Morgan fingerprint density at radius 2 is 2.53 bits per heavy atom. The maximum absolute atomic E-state index is 11.8. The van der Waals surface area contributed by atoms with Gasteiger partial charge < -0.3 is 5.32 Å². The van der Waals surface area contributed by atoms with Gasteiger partial charge in [-0.25, -0.2) is 4.98 Å². The van der Waals surface area contributed by atoms with Crippen LogP contribution in [0.25, 0.3) is 0 Å². The van der Waals surface area contributed by atoms with Crippen LogP contribution < -0.4 is 5.32 Å². The smallest absolute Gasteiger partial charge is 0.271 e. The van der Waals surface area contributed by atoms with E-state index in [0.717, 1.165) is 22.4 Å². The maximum atomic E-state index is 11.8. The predicted octanol–water partition coefficient (Wildman–Crippen LogP) is 2.08. The van der Waals surface area contributed by atoms with Crippen molar-refractivity contribution in [3.05, 3.63) is 28.5 Å². The summed E-state index contributed by atoms with van der Waals surface area (Å²) in [5.41, 5.74) is 0.467. The van der Waals surface area contributed by atoms with Crippen molar-refractivity contribution in [2.75, 3.05) is 11.5 Å². The van der Waals surface area contributed by atoms with Crippen molar-refractivity contribution in [3.8, 4) is 0 Å². The van der Waals surface area contributed by atoms with Crippen LogP contribution in [-0.2, 0) is 0 Å². The lowest BCUT2D eigenvalue weighted by Crippen LogP contribution is -2.35. The van der Waals surface area contributed by atoms with E-state index in [-0.39, 0.29) is 5.91 Å². The molecule has 1 N–H and O–H groups in total. The third-order valence-corrected chi connectivity index (χ3v) is 4.04. The second-order valence-corrected chi connectivity index (χ2v) is 5.37. The largest absolute Gasteiger partial charge is 0.347 e. The number of amides is 1. The Kier molecular flexibility index (Phi) is 3.64. The molecule has 0 bridgehead atoms. The van der Waals surface area contributed by atoms with Gasteiger partial charge in [0, 0.05) is 22.5 Å². The molecule has 80 valence electrons. The summed E-state index contributed by atoms with van der Waals surface area (Å²) in [6, 6.07) is 3.92. The van der Waals surface area contributed by atoms with Crippen LogP contribution in [0.15, 0.2) is 22.8 Å². The minimum atomic E-state index is -0.0880. The van der Waals surface area contributed by atoms with Crippen molar-refractivity contribution in [2.45, 2.75) is 12.5 Å². The fourth-order valence-electron chi connectivity index (χ4n) is 1.45. The average Bonchev–Trinajstić information content (AvgIpc) is 2.71. The van der Waals surface area contributed by atoms with Crippen molar-refractivity contribution < 1.29 is 4.79 Å². The Bertz CT molecular complexity index is 366. The second kappa shape index (κ2) is 4.99. The lowest BCUT2D eigenvalue weighted by atomic mass is 10.2. The van der Waals surface area contributed by atoms with Crippen LogP contribution in [0.4, 0.5) is 0 Å². The molecule has 1 atom stereocenters. The topological polar surface area (TPSA) is 42.0 Å². The zero-order valence-corrected chi connectivity index (χ0v) is 10.5. The van der Waals surface area contributed by atoms with Gasteiger partial charge in [0.25, 0.3) is 5.91 Å². The molecule has 3 nitrogen and oxygen atoms in total. The number of carbonyl (C=O) groups is 1. The molecule has 1 amide bonds. The number of nitrogens with zero attached hydrogens (tertiary/aromatic N) is 1. The van der Waals surface area contributed by atoms with Gasteiger partial charge in [-0.2, -0.15) is 11.8 Å². The quantitative estimate of drug-likeness (QED) is 0.905. The highest BCUT2D eigenvalue weighted by molar-refractivity contribution is 9.10. The van der Waals surface area contributed by atoms with Gasteiger partial charge in [-0.1, -0.05) is 0 Å². The molecule has 1 aliphatic rings. The molecular formula is C10H11BrN2OS. The number of nitrogens with one attached hydrogen (secondary N) is 1. The maximum Gasteiger partial charge on any atom is 0.271 e.